The van der Waals surface area contributed by atoms with E-state index in [-0.39, 0.29) is 23.9 Å². The van der Waals surface area contributed by atoms with Crippen LogP contribution in [0.1, 0.15) is 24.8 Å². The summed E-state index contributed by atoms with van der Waals surface area (Å²) >= 11 is 0. The second-order valence-corrected chi connectivity index (χ2v) is 5.35. The van der Waals surface area contributed by atoms with Gasteiger partial charge in [0.25, 0.3) is 5.69 Å². The molecule has 5 nitrogen and oxygen atoms in total. The van der Waals surface area contributed by atoms with E-state index in [9.17, 15) is 23.3 Å². The first-order valence-electron chi connectivity index (χ1n) is 6.62. The number of benzene rings is 1. The van der Waals surface area contributed by atoms with E-state index in [0.29, 0.717) is 6.07 Å². The second kappa shape index (κ2) is 4.87. The van der Waals surface area contributed by atoms with Gasteiger partial charge in [-0.3, -0.25) is 10.1 Å². The number of nitrogens with one attached hydrogen (secondary N) is 1. The van der Waals surface area contributed by atoms with Crippen LogP contribution < -0.4 is 5.32 Å². The Kier molecular flexibility index (Phi) is 3.27. The number of fused-ring (bicyclic) bond motifs is 2. The van der Waals surface area contributed by atoms with Crippen LogP contribution in [0.5, 0.6) is 0 Å². The van der Waals surface area contributed by atoms with Gasteiger partial charge < -0.3 is 10.1 Å². The number of ether oxygens (including phenoxy) is 1. The minimum atomic E-state index is -4.60. The predicted molar refractivity (Wildman–Crippen MR) is 68.0 cm³/mol. The van der Waals surface area contributed by atoms with Gasteiger partial charge in [0, 0.05) is 6.07 Å². The molecule has 0 aromatic heterocycles. The normalized spacial score (nSPS) is 27.9. The summed E-state index contributed by atoms with van der Waals surface area (Å²) in [6, 6.07) is 2.45. The molecule has 3 unspecified atom stereocenters. The SMILES string of the molecule is O=[N+]([O-])c1cc(C(F)(F)F)ccc1NC1CC2CCC1O2. The largest absolute Gasteiger partial charge is 0.416 e. The average Bonchev–Trinajstić information content (AvgIpc) is 2.99. The van der Waals surface area contributed by atoms with E-state index in [0.717, 1.165) is 31.4 Å². The number of nitrogens with zero attached hydrogens (tertiary/aromatic N) is 1. The smallest absolute Gasteiger partial charge is 0.374 e. The number of nitro groups is 1. The van der Waals surface area contributed by atoms with Gasteiger partial charge in [-0.2, -0.15) is 13.2 Å². The molecule has 21 heavy (non-hydrogen) atoms. The average molecular weight is 302 g/mol. The highest BCUT2D eigenvalue weighted by Crippen LogP contribution is 2.39. The van der Waals surface area contributed by atoms with Crippen molar-refractivity contribution in [1.29, 1.82) is 0 Å². The van der Waals surface area contributed by atoms with Gasteiger partial charge in [0.15, 0.2) is 0 Å². The third-order valence-corrected chi connectivity index (χ3v) is 3.97. The maximum absolute atomic E-state index is 12.6. The first kappa shape index (κ1) is 14.1. The minimum Gasteiger partial charge on any atom is -0.374 e. The van der Waals surface area contributed by atoms with Gasteiger partial charge in [0.05, 0.1) is 28.7 Å². The van der Waals surface area contributed by atoms with Crippen molar-refractivity contribution >= 4 is 11.4 Å². The Morgan fingerprint density at radius 3 is 2.62 bits per heavy atom. The van der Waals surface area contributed by atoms with Crippen molar-refractivity contribution in [1.82, 2.24) is 0 Å². The van der Waals surface area contributed by atoms with Crippen LogP contribution in [0.25, 0.3) is 0 Å². The summed E-state index contributed by atoms with van der Waals surface area (Å²) in [6.45, 7) is 0. The molecule has 3 rings (SSSR count). The van der Waals surface area contributed by atoms with Crippen LogP contribution >= 0.6 is 0 Å². The third kappa shape index (κ3) is 2.67. The first-order chi connectivity index (χ1) is 9.84. The molecule has 2 fully saturated rings. The number of anilines is 1. The summed E-state index contributed by atoms with van der Waals surface area (Å²) in [4.78, 5) is 10.2. The number of hydrogen-bond acceptors (Lipinski definition) is 4. The zero-order chi connectivity index (χ0) is 15.2. The zero-order valence-electron chi connectivity index (χ0n) is 10.9. The molecule has 114 valence electrons. The molecule has 0 radical (unpaired) electrons. The van der Waals surface area contributed by atoms with Crippen molar-refractivity contribution in [3.05, 3.63) is 33.9 Å². The predicted octanol–water partition coefficient (Wildman–Crippen LogP) is 3.35. The lowest BCUT2D eigenvalue weighted by atomic mass is 9.95. The number of nitro benzene ring substituents is 1. The third-order valence-electron chi connectivity index (χ3n) is 3.97. The Hall–Kier alpha value is -1.83. The highest BCUT2D eigenvalue weighted by molar-refractivity contribution is 5.63. The first-order valence-corrected chi connectivity index (χ1v) is 6.62. The lowest BCUT2D eigenvalue weighted by molar-refractivity contribution is -0.384. The molecule has 2 saturated heterocycles. The molecule has 1 aromatic carbocycles. The van der Waals surface area contributed by atoms with Crippen molar-refractivity contribution in [2.75, 3.05) is 5.32 Å². The number of alkyl halides is 3. The molecule has 0 spiro atoms. The van der Waals surface area contributed by atoms with Crippen molar-refractivity contribution in [3.63, 3.8) is 0 Å². The van der Waals surface area contributed by atoms with Gasteiger partial charge in [-0.05, 0) is 31.4 Å². The van der Waals surface area contributed by atoms with Gasteiger partial charge in [-0.15, -0.1) is 0 Å². The van der Waals surface area contributed by atoms with E-state index in [1.807, 2.05) is 0 Å². The summed E-state index contributed by atoms with van der Waals surface area (Å²) in [5.41, 5.74) is -1.48. The molecular weight excluding hydrogens is 289 g/mol. The fourth-order valence-electron chi connectivity index (χ4n) is 2.97. The van der Waals surface area contributed by atoms with E-state index >= 15 is 0 Å². The fraction of sp³-hybridized carbons (Fsp3) is 0.538. The maximum Gasteiger partial charge on any atom is 0.416 e. The maximum atomic E-state index is 12.6. The lowest BCUT2D eigenvalue weighted by Gasteiger charge is -2.21. The van der Waals surface area contributed by atoms with Crippen LogP contribution in [0, 0.1) is 10.1 Å². The van der Waals surface area contributed by atoms with Crippen molar-refractivity contribution in [2.24, 2.45) is 0 Å². The quantitative estimate of drug-likeness (QED) is 0.687. The molecule has 0 aliphatic carbocycles. The molecule has 0 saturated carbocycles. The molecule has 2 bridgehead atoms. The molecule has 8 heteroatoms. The van der Waals surface area contributed by atoms with Crippen molar-refractivity contribution in [3.8, 4) is 0 Å². The highest BCUT2D eigenvalue weighted by atomic mass is 19.4. The molecule has 2 heterocycles. The number of halogens is 3. The van der Waals surface area contributed by atoms with Crippen LogP contribution in [0.2, 0.25) is 0 Å². The summed E-state index contributed by atoms with van der Waals surface area (Å²) in [7, 11) is 0. The van der Waals surface area contributed by atoms with Gasteiger partial charge in [-0.25, -0.2) is 0 Å². The lowest BCUT2D eigenvalue weighted by Crippen LogP contribution is -2.30. The second-order valence-electron chi connectivity index (χ2n) is 5.35. The van der Waals surface area contributed by atoms with E-state index in [4.69, 9.17) is 4.74 Å². The topological polar surface area (TPSA) is 64.4 Å². The molecular formula is C13H13F3N2O3. The van der Waals surface area contributed by atoms with Gasteiger partial charge in [0.2, 0.25) is 0 Å². The van der Waals surface area contributed by atoms with Gasteiger partial charge in [-0.1, -0.05) is 0 Å². The zero-order valence-corrected chi connectivity index (χ0v) is 10.9. The monoisotopic (exact) mass is 302 g/mol. The summed E-state index contributed by atoms with van der Waals surface area (Å²) < 4.78 is 43.5. The summed E-state index contributed by atoms with van der Waals surface area (Å²) in [5.74, 6) is 0. The van der Waals surface area contributed by atoms with E-state index < -0.39 is 22.4 Å². The van der Waals surface area contributed by atoms with E-state index in [1.54, 1.807) is 0 Å². The van der Waals surface area contributed by atoms with Crippen LogP contribution in [-0.4, -0.2) is 23.2 Å². The highest BCUT2D eigenvalue weighted by Gasteiger charge is 2.41. The minimum absolute atomic E-state index is 0.0168. The Labute approximate surface area is 118 Å². The standard InChI is InChI=1S/C13H13F3N2O3/c14-13(15,16)7-1-3-9(11(5-7)18(19)20)17-10-6-8-2-4-12(10)21-8/h1,3,5,8,10,12,17H,2,4,6H2. The molecule has 0 amide bonds. The van der Waals surface area contributed by atoms with E-state index in [1.165, 1.54) is 0 Å². The molecule has 1 N–H and O–H groups in total. The molecule has 2 aliphatic heterocycles. The Bertz CT molecular complexity index is 576. The van der Waals surface area contributed by atoms with Crippen LogP contribution in [0.15, 0.2) is 18.2 Å². The Morgan fingerprint density at radius 2 is 2.10 bits per heavy atom. The van der Waals surface area contributed by atoms with Crippen LogP contribution in [-0.2, 0) is 10.9 Å². The van der Waals surface area contributed by atoms with Crippen molar-refractivity contribution in [2.45, 2.75) is 43.7 Å². The van der Waals surface area contributed by atoms with Crippen LogP contribution in [0.4, 0.5) is 24.5 Å². The van der Waals surface area contributed by atoms with Crippen molar-refractivity contribution < 1.29 is 22.8 Å². The number of hydrogen-bond donors (Lipinski definition) is 1. The summed E-state index contributed by atoms with van der Waals surface area (Å²) in [5, 5.41) is 14.0. The molecule has 3 atom stereocenters. The van der Waals surface area contributed by atoms with E-state index in [2.05, 4.69) is 5.32 Å². The van der Waals surface area contributed by atoms with Gasteiger partial charge >= 0.3 is 6.18 Å². The Morgan fingerprint density at radius 1 is 1.33 bits per heavy atom. The summed E-state index contributed by atoms with van der Waals surface area (Å²) in [6.07, 6.45) is -1.89. The Balaban J connectivity index is 1.86. The fourth-order valence-corrected chi connectivity index (χ4v) is 2.97. The van der Waals surface area contributed by atoms with Gasteiger partial charge in [0.1, 0.15) is 5.69 Å². The molecule has 1 aromatic rings. The van der Waals surface area contributed by atoms with Crippen LogP contribution in [0.3, 0.4) is 0 Å². The molecule has 2 aliphatic rings. The number of rotatable bonds is 3.